The van der Waals surface area contributed by atoms with Gasteiger partial charge in [0.1, 0.15) is 5.84 Å². The first kappa shape index (κ1) is 14.0. The zero-order chi connectivity index (χ0) is 13.7. The van der Waals surface area contributed by atoms with E-state index in [1.54, 1.807) is 0 Å². The number of benzene rings is 1. The minimum atomic E-state index is 0.125. The van der Waals surface area contributed by atoms with Gasteiger partial charge in [-0.25, -0.2) is 0 Å². The highest BCUT2D eigenvalue weighted by atomic mass is 16.2. The summed E-state index contributed by atoms with van der Waals surface area (Å²) < 4.78 is 0. The Morgan fingerprint density at radius 3 is 3.05 bits per heavy atom. The van der Waals surface area contributed by atoms with Crippen LogP contribution in [0.15, 0.2) is 24.3 Å². The van der Waals surface area contributed by atoms with Crippen LogP contribution in [0.2, 0.25) is 0 Å². The number of nitrogens with two attached hydrogens (primary N) is 1. The number of hydrogen-bond acceptors (Lipinski definition) is 3. The van der Waals surface area contributed by atoms with Crippen molar-refractivity contribution in [2.45, 2.75) is 38.3 Å². The van der Waals surface area contributed by atoms with E-state index < -0.39 is 0 Å². The molecule has 0 amide bonds. The number of hydrogen-bond donors (Lipinski definition) is 3. The van der Waals surface area contributed by atoms with Crippen LogP contribution in [0.25, 0.3) is 0 Å². The van der Waals surface area contributed by atoms with Gasteiger partial charge in [0.2, 0.25) is 0 Å². The quantitative estimate of drug-likeness (QED) is 0.539. The molecule has 19 heavy (non-hydrogen) atoms. The van der Waals surface area contributed by atoms with Crippen molar-refractivity contribution in [1.29, 1.82) is 5.41 Å². The fourth-order valence-corrected chi connectivity index (χ4v) is 2.83. The number of nitrogen functional groups attached to an aromatic ring is 1. The number of aliphatic hydroxyl groups excluding tert-OH is 1. The smallest absolute Gasteiger partial charge is 0.122 e. The van der Waals surface area contributed by atoms with Crippen LogP contribution in [0.3, 0.4) is 0 Å². The van der Waals surface area contributed by atoms with Crippen LogP contribution in [-0.4, -0.2) is 35.0 Å². The third kappa shape index (κ3) is 3.78. The summed E-state index contributed by atoms with van der Waals surface area (Å²) in [6.07, 6.45) is 4.42. The van der Waals surface area contributed by atoms with Gasteiger partial charge in [-0.15, -0.1) is 0 Å². The highest BCUT2D eigenvalue weighted by Gasteiger charge is 2.23. The lowest BCUT2D eigenvalue weighted by molar-refractivity contribution is 0.210. The van der Waals surface area contributed by atoms with E-state index in [2.05, 4.69) is 11.0 Å². The molecule has 0 aliphatic carbocycles. The number of nitrogens with zero attached hydrogens (tertiary/aromatic N) is 1. The highest BCUT2D eigenvalue weighted by Crippen LogP contribution is 2.23. The number of rotatable bonds is 6. The second-order valence-electron chi connectivity index (χ2n) is 5.25. The van der Waals surface area contributed by atoms with Crippen LogP contribution in [0.4, 0.5) is 0 Å². The van der Waals surface area contributed by atoms with E-state index in [0.717, 1.165) is 31.5 Å². The standard InChI is InChI=1S/C15H23N3O/c16-15(17)13-5-1-4-12(10-13)11-18-8-2-6-14(18)7-3-9-19/h1,4-5,10,14,19H,2-3,6-9,11H2,(H3,16,17). The zero-order valence-electron chi connectivity index (χ0n) is 11.3. The predicted molar refractivity (Wildman–Crippen MR) is 77.2 cm³/mol. The fraction of sp³-hybridized carbons (Fsp3) is 0.533. The molecule has 1 aromatic rings. The molecule has 1 fully saturated rings. The van der Waals surface area contributed by atoms with Gasteiger partial charge in [-0.1, -0.05) is 18.2 Å². The van der Waals surface area contributed by atoms with Gasteiger partial charge in [0.05, 0.1) is 0 Å². The number of aliphatic hydroxyl groups is 1. The minimum Gasteiger partial charge on any atom is -0.396 e. The molecular formula is C15H23N3O. The lowest BCUT2D eigenvalue weighted by Gasteiger charge is -2.24. The van der Waals surface area contributed by atoms with E-state index in [0.29, 0.717) is 6.04 Å². The summed E-state index contributed by atoms with van der Waals surface area (Å²) in [4.78, 5) is 2.48. The summed E-state index contributed by atoms with van der Waals surface area (Å²) >= 11 is 0. The predicted octanol–water partition coefficient (Wildman–Crippen LogP) is 1.71. The molecule has 1 aliphatic heterocycles. The molecule has 0 spiro atoms. The summed E-state index contributed by atoms with van der Waals surface area (Å²) in [6, 6.07) is 8.52. The van der Waals surface area contributed by atoms with Gasteiger partial charge in [-0.05, 0) is 43.9 Å². The first-order chi connectivity index (χ1) is 9.20. The highest BCUT2D eigenvalue weighted by molar-refractivity contribution is 5.95. The number of likely N-dealkylation sites (tertiary alicyclic amines) is 1. The lowest BCUT2D eigenvalue weighted by Crippen LogP contribution is -2.29. The maximum atomic E-state index is 8.94. The fourth-order valence-electron chi connectivity index (χ4n) is 2.83. The molecule has 1 saturated heterocycles. The van der Waals surface area contributed by atoms with Crippen LogP contribution in [0.1, 0.15) is 36.8 Å². The van der Waals surface area contributed by atoms with Crippen molar-refractivity contribution in [3.8, 4) is 0 Å². The van der Waals surface area contributed by atoms with E-state index in [1.807, 2.05) is 18.2 Å². The van der Waals surface area contributed by atoms with Gasteiger partial charge in [-0.2, -0.15) is 0 Å². The SMILES string of the molecule is N=C(N)c1cccc(CN2CCCC2CCCO)c1. The van der Waals surface area contributed by atoms with Crippen LogP contribution >= 0.6 is 0 Å². The van der Waals surface area contributed by atoms with Gasteiger partial charge in [0.15, 0.2) is 0 Å². The molecular weight excluding hydrogens is 238 g/mol. The summed E-state index contributed by atoms with van der Waals surface area (Å²) in [5.74, 6) is 0.125. The molecule has 0 aromatic heterocycles. The molecule has 1 heterocycles. The Labute approximate surface area is 114 Å². The molecule has 1 aromatic carbocycles. The monoisotopic (exact) mass is 261 g/mol. The Morgan fingerprint density at radius 2 is 2.32 bits per heavy atom. The van der Waals surface area contributed by atoms with Crippen molar-refractivity contribution in [1.82, 2.24) is 4.90 Å². The van der Waals surface area contributed by atoms with E-state index in [9.17, 15) is 0 Å². The Kier molecular flexibility index (Phi) is 4.93. The average molecular weight is 261 g/mol. The second kappa shape index (κ2) is 6.68. The van der Waals surface area contributed by atoms with Crippen molar-refractivity contribution in [2.24, 2.45) is 5.73 Å². The molecule has 0 radical (unpaired) electrons. The third-order valence-corrected chi connectivity index (χ3v) is 3.82. The normalized spacial score (nSPS) is 19.7. The maximum Gasteiger partial charge on any atom is 0.122 e. The van der Waals surface area contributed by atoms with Crippen molar-refractivity contribution < 1.29 is 5.11 Å². The molecule has 0 bridgehead atoms. The minimum absolute atomic E-state index is 0.125. The Morgan fingerprint density at radius 1 is 1.47 bits per heavy atom. The largest absolute Gasteiger partial charge is 0.396 e. The molecule has 1 unspecified atom stereocenters. The average Bonchev–Trinajstić information content (AvgIpc) is 2.84. The summed E-state index contributed by atoms with van der Waals surface area (Å²) in [6.45, 7) is 2.32. The third-order valence-electron chi connectivity index (χ3n) is 3.82. The van der Waals surface area contributed by atoms with Crippen molar-refractivity contribution in [3.63, 3.8) is 0 Å². The first-order valence-corrected chi connectivity index (χ1v) is 6.99. The van der Waals surface area contributed by atoms with E-state index in [1.165, 1.54) is 18.4 Å². The number of amidine groups is 1. The second-order valence-corrected chi connectivity index (χ2v) is 5.25. The van der Waals surface area contributed by atoms with Crippen LogP contribution in [-0.2, 0) is 6.54 Å². The molecule has 4 nitrogen and oxygen atoms in total. The lowest BCUT2D eigenvalue weighted by atomic mass is 10.1. The summed E-state index contributed by atoms with van der Waals surface area (Å²) in [5.41, 5.74) is 7.53. The van der Waals surface area contributed by atoms with Crippen LogP contribution in [0, 0.1) is 5.41 Å². The van der Waals surface area contributed by atoms with Gasteiger partial charge >= 0.3 is 0 Å². The molecule has 4 N–H and O–H groups in total. The molecule has 104 valence electrons. The van der Waals surface area contributed by atoms with Crippen LogP contribution in [0.5, 0.6) is 0 Å². The Balaban J connectivity index is 1.99. The van der Waals surface area contributed by atoms with Gasteiger partial charge < -0.3 is 10.8 Å². The van der Waals surface area contributed by atoms with E-state index >= 15 is 0 Å². The zero-order valence-corrected chi connectivity index (χ0v) is 11.3. The van der Waals surface area contributed by atoms with E-state index in [-0.39, 0.29) is 12.4 Å². The molecule has 1 aliphatic rings. The van der Waals surface area contributed by atoms with Crippen LogP contribution < -0.4 is 5.73 Å². The molecule has 2 rings (SSSR count). The first-order valence-electron chi connectivity index (χ1n) is 6.99. The van der Waals surface area contributed by atoms with Gasteiger partial charge in [-0.3, -0.25) is 10.3 Å². The number of nitrogens with one attached hydrogen (secondary N) is 1. The van der Waals surface area contributed by atoms with Crippen molar-refractivity contribution in [3.05, 3.63) is 35.4 Å². The van der Waals surface area contributed by atoms with Crippen molar-refractivity contribution in [2.75, 3.05) is 13.2 Å². The van der Waals surface area contributed by atoms with Crippen molar-refractivity contribution >= 4 is 5.84 Å². The van der Waals surface area contributed by atoms with Gasteiger partial charge in [0.25, 0.3) is 0 Å². The molecule has 0 saturated carbocycles. The summed E-state index contributed by atoms with van der Waals surface area (Å²) in [5, 5.41) is 16.4. The molecule has 4 heteroatoms. The Hall–Kier alpha value is -1.39. The Bertz CT molecular complexity index is 433. The molecule has 1 atom stereocenters. The summed E-state index contributed by atoms with van der Waals surface area (Å²) in [7, 11) is 0. The van der Waals surface area contributed by atoms with Gasteiger partial charge in [0, 0.05) is 24.8 Å². The van der Waals surface area contributed by atoms with E-state index in [4.69, 9.17) is 16.2 Å². The topological polar surface area (TPSA) is 73.3 Å². The maximum absolute atomic E-state index is 8.94.